The van der Waals surface area contributed by atoms with Crippen molar-refractivity contribution in [2.75, 3.05) is 33.2 Å². The van der Waals surface area contributed by atoms with Crippen LogP contribution in [0, 0.1) is 5.41 Å². The highest BCUT2D eigenvalue weighted by molar-refractivity contribution is 5.73. The Kier molecular flexibility index (Phi) is 4.39. The Hall–Kier alpha value is -0.770. The molecular formula is C11H23N3O. The number of hydrogen-bond donors (Lipinski definition) is 2. The van der Waals surface area contributed by atoms with Gasteiger partial charge in [-0.1, -0.05) is 13.8 Å². The van der Waals surface area contributed by atoms with Gasteiger partial charge in [0.25, 0.3) is 0 Å². The minimum atomic E-state index is -0.0904. The van der Waals surface area contributed by atoms with Crippen molar-refractivity contribution >= 4 is 6.03 Å². The fourth-order valence-electron chi connectivity index (χ4n) is 1.80. The van der Waals surface area contributed by atoms with E-state index in [4.69, 9.17) is 0 Å². The average molecular weight is 213 g/mol. The molecule has 88 valence electrons. The third-order valence-electron chi connectivity index (χ3n) is 3.15. The number of likely N-dealkylation sites (tertiary alicyclic amines) is 1. The van der Waals surface area contributed by atoms with Crippen molar-refractivity contribution in [1.82, 2.24) is 15.5 Å². The fraction of sp³-hybridized carbons (Fsp3) is 0.909. The van der Waals surface area contributed by atoms with E-state index in [1.165, 1.54) is 12.8 Å². The van der Waals surface area contributed by atoms with Gasteiger partial charge in [0, 0.05) is 20.1 Å². The van der Waals surface area contributed by atoms with Gasteiger partial charge < -0.3 is 15.5 Å². The molecule has 4 heteroatoms. The summed E-state index contributed by atoms with van der Waals surface area (Å²) >= 11 is 0. The molecule has 0 spiro atoms. The quantitative estimate of drug-likeness (QED) is 0.735. The molecule has 0 aromatic carbocycles. The van der Waals surface area contributed by atoms with Crippen molar-refractivity contribution in [3.05, 3.63) is 0 Å². The molecule has 2 N–H and O–H groups in total. The summed E-state index contributed by atoms with van der Waals surface area (Å²) in [6.07, 6.45) is 2.51. The minimum Gasteiger partial charge on any atom is -0.341 e. The molecular weight excluding hydrogens is 190 g/mol. The van der Waals surface area contributed by atoms with Gasteiger partial charge in [-0.2, -0.15) is 0 Å². The highest BCUT2D eigenvalue weighted by Gasteiger charge is 2.24. The zero-order valence-corrected chi connectivity index (χ0v) is 10.1. The molecule has 0 aromatic rings. The van der Waals surface area contributed by atoms with Gasteiger partial charge in [0.15, 0.2) is 0 Å². The summed E-state index contributed by atoms with van der Waals surface area (Å²) in [5, 5.41) is 5.36. The highest BCUT2D eigenvalue weighted by Crippen LogP contribution is 2.29. The average Bonchev–Trinajstić information content (AvgIpc) is 2.20. The molecule has 1 heterocycles. The normalized spacial score (nSPS) is 21.0. The fourth-order valence-corrected chi connectivity index (χ4v) is 1.80. The van der Waals surface area contributed by atoms with Gasteiger partial charge in [-0.05, 0) is 31.3 Å². The Morgan fingerprint density at radius 2 is 1.93 bits per heavy atom. The third-order valence-corrected chi connectivity index (χ3v) is 3.15. The number of urea groups is 1. The van der Waals surface area contributed by atoms with Crippen LogP contribution in [-0.4, -0.2) is 44.2 Å². The Morgan fingerprint density at radius 1 is 1.33 bits per heavy atom. The molecule has 1 aliphatic rings. The predicted molar refractivity (Wildman–Crippen MR) is 61.9 cm³/mol. The van der Waals surface area contributed by atoms with Gasteiger partial charge in [0.05, 0.1) is 0 Å². The van der Waals surface area contributed by atoms with E-state index in [1.807, 2.05) is 0 Å². The second-order valence-electron chi connectivity index (χ2n) is 5.01. The largest absolute Gasteiger partial charge is 0.341 e. The summed E-state index contributed by atoms with van der Waals surface area (Å²) in [5.74, 6) is 0. The number of hydrogen-bond acceptors (Lipinski definition) is 2. The van der Waals surface area contributed by atoms with Crippen LogP contribution < -0.4 is 10.6 Å². The zero-order chi connectivity index (χ0) is 11.3. The van der Waals surface area contributed by atoms with E-state index in [2.05, 4.69) is 29.4 Å². The van der Waals surface area contributed by atoms with E-state index >= 15 is 0 Å². The molecule has 0 bridgehead atoms. The second kappa shape index (κ2) is 5.35. The number of carbonyl (C=O) groups is 1. The van der Waals surface area contributed by atoms with Crippen molar-refractivity contribution in [3.63, 3.8) is 0 Å². The van der Waals surface area contributed by atoms with Crippen LogP contribution in [0.5, 0.6) is 0 Å². The number of nitrogens with zero attached hydrogens (tertiary/aromatic N) is 1. The lowest BCUT2D eigenvalue weighted by molar-refractivity contribution is 0.133. The molecule has 4 nitrogen and oxygen atoms in total. The van der Waals surface area contributed by atoms with E-state index in [9.17, 15) is 4.79 Å². The Bertz CT molecular complexity index is 206. The van der Waals surface area contributed by atoms with Crippen LogP contribution in [0.15, 0.2) is 0 Å². The van der Waals surface area contributed by atoms with Crippen LogP contribution in [0.1, 0.15) is 26.7 Å². The van der Waals surface area contributed by atoms with Crippen LogP contribution in [-0.2, 0) is 0 Å². The van der Waals surface area contributed by atoms with E-state index in [0.717, 1.165) is 26.2 Å². The summed E-state index contributed by atoms with van der Waals surface area (Å²) in [7, 11) is 1.64. The Balaban J connectivity index is 2.11. The molecule has 0 aromatic heterocycles. The number of carbonyl (C=O) groups excluding carboxylic acids is 1. The van der Waals surface area contributed by atoms with Crippen molar-refractivity contribution in [2.24, 2.45) is 5.41 Å². The lowest BCUT2D eigenvalue weighted by atomic mass is 9.83. The molecule has 0 saturated carbocycles. The first-order valence-electron chi connectivity index (χ1n) is 5.71. The van der Waals surface area contributed by atoms with Crippen LogP contribution in [0.25, 0.3) is 0 Å². The molecule has 0 radical (unpaired) electrons. The van der Waals surface area contributed by atoms with Crippen LogP contribution >= 0.6 is 0 Å². The van der Waals surface area contributed by atoms with Crippen LogP contribution in [0.3, 0.4) is 0 Å². The molecule has 1 fully saturated rings. The van der Waals surface area contributed by atoms with Crippen molar-refractivity contribution < 1.29 is 4.79 Å². The first-order chi connectivity index (χ1) is 7.03. The number of nitrogens with one attached hydrogen (secondary N) is 2. The van der Waals surface area contributed by atoms with Crippen molar-refractivity contribution in [3.8, 4) is 0 Å². The number of amides is 2. The van der Waals surface area contributed by atoms with Crippen LogP contribution in [0.2, 0.25) is 0 Å². The Labute approximate surface area is 92.4 Å². The molecule has 0 unspecified atom stereocenters. The summed E-state index contributed by atoms with van der Waals surface area (Å²) < 4.78 is 0. The zero-order valence-electron chi connectivity index (χ0n) is 10.1. The van der Waals surface area contributed by atoms with Crippen molar-refractivity contribution in [2.45, 2.75) is 26.7 Å². The summed E-state index contributed by atoms with van der Waals surface area (Å²) in [5.41, 5.74) is 0.505. The molecule has 15 heavy (non-hydrogen) atoms. The van der Waals surface area contributed by atoms with Gasteiger partial charge in [-0.3, -0.25) is 0 Å². The van der Waals surface area contributed by atoms with E-state index in [0.29, 0.717) is 5.41 Å². The summed E-state index contributed by atoms with van der Waals surface area (Å²) in [4.78, 5) is 13.3. The molecule has 0 atom stereocenters. The SMILES string of the molecule is CNC(=O)NCCN1CCC(C)(C)CC1. The lowest BCUT2D eigenvalue weighted by Crippen LogP contribution is -2.43. The molecule has 1 aliphatic heterocycles. The number of rotatable bonds is 3. The van der Waals surface area contributed by atoms with Gasteiger partial charge >= 0.3 is 6.03 Å². The third kappa shape index (κ3) is 4.51. The predicted octanol–water partition coefficient (Wildman–Crippen LogP) is 1.04. The summed E-state index contributed by atoms with van der Waals surface area (Å²) in [6.45, 7) is 8.66. The maximum absolute atomic E-state index is 10.9. The van der Waals surface area contributed by atoms with Crippen LogP contribution in [0.4, 0.5) is 4.79 Å². The lowest BCUT2D eigenvalue weighted by Gasteiger charge is -2.36. The van der Waals surface area contributed by atoms with Gasteiger partial charge in [0.1, 0.15) is 0 Å². The van der Waals surface area contributed by atoms with E-state index < -0.39 is 0 Å². The molecule has 2 amide bonds. The van der Waals surface area contributed by atoms with E-state index in [1.54, 1.807) is 7.05 Å². The second-order valence-corrected chi connectivity index (χ2v) is 5.01. The maximum Gasteiger partial charge on any atom is 0.314 e. The Morgan fingerprint density at radius 3 is 2.47 bits per heavy atom. The van der Waals surface area contributed by atoms with Crippen molar-refractivity contribution in [1.29, 1.82) is 0 Å². The molecule has 1 saturated heterocycles. The molecule has 0 aliphatic carbocycles. The smallest absolute Gasteiger partial charge is 0.314 e. The minimum absolute atomic E-state index is 0.0904. The van der Waals surface area contributed by atoms with Gasteiger partial charge in [-0.15, -0.1) is 0 Å². The molecule has 1 rings (SSSR count). The monoisotopic (exact) mass is 213 g/mol. The van der Waals surface area contributed by atoms with Gasteiger partial charge in [-0.25, -0.2) is 4.79 Å². The van der Waals surface area contributed by atoms with E-state index in [-0.39, 0.29) is 6.03 Å². The number of piperidine rings is 1. The highest BCUT2D eigenvalue weighted by atomic mass is 16.2. The first kappa shape index (κ1) is 12.3. The summed E-state index contributed by atoms with van der Waals surface area (Å²) in [6, 6.07) is -0.0904. The van der Waals surface area contributed by atoms with Gasteiger partial charge in [0.2, 0.25) is 0 Å². The topological polar surface area (TPSA) is 44.4 Å². The first-order valence-corrected chi connectivity index (χ1v) is 5.71. The maximum atomic E-state index is 10.9. The standard InChI is InChI=1S/C11H23N3O/c1-11(2)4-7-14(8-5-11)9-6-13-10(15)12-3/h4-9H2,1-3H3,(H2,12,13,15).